The van der Waals surface area contributed by atoms with Gasteiger partial charge in [-0.1, -0.05) is 26.2 Å². The van der Waals surface area contributed by atoms with Crippen molar-refractivity contribution in [2.24, 2.45) is 5.73 Å². The van der Waals surface area contributed by atoms with E-state index in [4.69, 9.17) is 10.5 Å². The summed E-state index contributed by atoms with van der Waals surface area (Å²) < 4.78 is 7.44. The smallest absolute Gasteiger partial charge is 0.107 e. The van der Waals surface area contributed by atoms with Gasteiger partial charge in [0.2, 0.25) is 0 Å². The van der Waals surface area contributed by atoms with Crippen molar-refractivity contribution in [2.75, 3.05) is 0 Å². The van der Waals surface area contributed by atoms with Crippen LogP contribution in [-0.4, -0.2) is 12.1 Å². The second-order valence-corrected chi connectivity index (χ2v) is 6.91. The first-order chi connectivity index (χ1) is 8.70. The zero-order chi connectivity index (χ0) is 13.0. The third-order valence-electron chi connectivity index (χ3n) is 3.62. The van der Waals surface area contributed by atoms with Gasteiger partial charge in [-0.15, -0.1) is 11.3 Å². The summed E-state index contributed by atoms with van der Waals surface area (Å²) in [5.41, 5.74) is 6.24. The maximum absolute atomic E-state index is 6.31. The summed E-state index contributed by atoms with van der Waals surface area (Å²) in [5, 5.41) is 2.11. The molecule has 0 spiro atoms. The van der Waals surface area contributed by atoms with Crippen LogP contribution in [0.1, 0.15) is 56.4 Å². The summed E-state index contributed by atoms with van der Waals surface area (Å²) >= 11 is 5.25. The summed E-state index contributed by atoms with van der Waals surface area (Å²) in [5.74, 6) is 0. The van der Waals surface area contributed by atoms with Gasteiger partial charge in [0.05, 0.1) is 6.10 Å². The van der Waals surface area contributed by atoms with Crippen LogP contribution >= 0.6 is 27.3 Å². The predicted octanol–water partition coefficient (Wildman–Crippen LogP) is 4.64. The molecule has 2 atom stereocenters. The maximum Gasteiger partial charge on any atom is 0.107 e. The van der Waals surface area contributed by atoms with Crippen LogP contribution in [0.25, 0.3) is 0 Å². The Bertz CT molecular complexity index is 362. The van der Waals surface area contributed by atoms with Crippen LogP contribution in [0.5, 0.6) is 0 Å². The number of rotatable bonds is 5. The van der Waals surface area contributed by atoms with Crippen molar-refractivity contribution in [1.29, 1.82) is 0 Å². The molecule has 18 heavy (non-hydrogen) atoms. The largest absolute Gasteiger partial charge is 0.368 e. The first kappa shape index (κ1) is 14.5. The van der Waals surface area contributed by atoms with Crippen LogP contribution in [0.15, 0.2) is 15.9 Å². The summed E-state index contributed by atoms with van der Waals surface area (Å²) in [6.07, 6.45) is 7.76. The molecule has 0 bridgehead atoms. The van der Waals surface area contributed by atoms with E-state index in [1.54, 1.807) is 11.3 Å². The molecule has 2 N–H and O–H groups in total. The van der Waals surface area contributed by atoms with Gasteiger partial charge in [0, 0.05) is 20.8 Å². The summed E-state index contributed by atoms with van der Waals surface area (Å²) in [7, 11) is 0. The molecule has 0 saturated heterocycles. The van der Waals surface area contributed by atoms with Gasteiger partial charge in [0.15, 0.2) is 0 Å². The first-order valence-electron chi connectivity index (χ1n) is 6.85. The minimum atomic E-state index is 0.0643. The highest BCUT2D eigenvalue weighted by molar-refractivity contribution is 9.10. The Morgan fingerprint density at radius 3 is 2.72 bits per heavy atom. The van der Waals surface area contributed by atoms with Gasteiger partial charge in [0.25, 0.3) is 0 Å². The Morgan fingerprint density at radius 2 is 2.17 bits per heavy atom. The molecule has 0 radical (unpaired) electrons. The Labute approximate surface area is 122 Å². The lowest BCUT2D eigenvalue weighted by atomic mass is 9.97. The SMILES string of the molecule is CCC(N)C(OC1CCCCC1)c1cc(Br)cs1. The molecule has 2 unspecified atom stereocenters. The quantitative estimate of drug-likeness (QED) is 0.853. The van der Waals surface area contributed by atoms with Crippen molar-refractivity contribution < 1.29 is 4.74 Å². The average Bonchev–Trinajstić information content (AvgIpc) is 2.83. The van der Waals surface area contributed by atoms with E-state index in [9.17, 15) is 0 Å². The summed E-state index contributed by atoms with van der Waals surface area (Å²) in [4.78, 5) is 1.25. The third-order valence-corrected chi connectivity index (χ3v) is 5.37. The molecule has 102 valence electrons. The number of thiophene rings is 1. The highest BCUT2D eigenvalue weighted by Gasteiger charge is 2.25. The van der Waals surface area contributed by atoms with Crippen LogP contribution in [-0.2, 0) is 4.74 Å². The van der Waals surface area contributed by atoms with Crippen LogP contribution in [0.2, 0.25) is 0 Å². The van der Waals surface area contributed by atoms with Crippen LogP contribution in [0.3, 0.4) is 0 Å². The van der Waals surface area contributed by atoms with Gasteiger partial charge in [-0.3, -0.25) is 0 Å². The number of halogens is 1. The molecule has 1 heterocycles. The van der Waals surface area contributed by atoms with E-state index in [0.29, 0.717) is 6.10 Å². The highest BCUT2D eigenvalue weighted by atomic mass is 79.9. The van der Waals surface area contributed by atoms with Gasteiger partial charge in [0.1, 0.15) is 6.10 Å². The molecule has 1 fully saturated rings. The Balaban J connectivity index is 2.04. The van der Waals surface area contributed by atoms with Gasteiger partial charge in [-0.25, -0.2) is 0 Å². The van der Waals surface area contributed by atoms with Gasteiger partial charge >= 0.3 is 0 Å². The van der Waals surface area contributed by atoms with Crippen molar-refractivity contribution in [3.63, 3.8) is 0 Å². The monoisotopic (exact) mass is 331 g/mol. The zero-order valence-electron chi connectivity index (χ0n) is 10.9. The van der Waals surface area contributed by atoms with Crippen LogP contribution in [0.4, 0.5) is 0 Å². The molecule has 0 aliphatic heterocycles. The van der Waals surface area contributed by atoms with E-state index in [1.807, 2.05) is 0 Å². The van der Waals surface area contributed by atoms with Crippen molar-refractivity contribution in [2.45, 2.75) is 63.7 Å². The molecule has 4 heteroatoms. The van der Waals surface area contributed by atoms with E-state index in [2.05, 4.69) is 34.3 Å². The Kier molecular flexibility index (Phi) is 5.67. The minimum absolute atomic E-state index is 0.0643. The second-order valence-electron chi connectivity index (χ2n) is 5.06. The molecule has 1 aliphatic carbocycles. The van der Waals surface area contributed by atoms with E-state index < -0.39 is 0 Å². The fourth-order valence-electron chi connectivity index (χ4n) is 2.48. The van der Waals surface area contributed by atoms with E-state index >= 15 is 0 Å². The normalized spacial score (nSPS) is 20.8. The molecule has 1 aromatic heterocycles. The topological polar surface area (TPSA) is 35.2 Å². The van der Waals surface area contributed by atoms with E-state index in [-0.39, 0.29) is 12.1 Å². The van der Waals surface area contributed by atoms with Crippen molar-refractivity contribution in [1.82, 2.24) is 0 Å². The molecular weight excluding hydrogens is 310 g/mol. The average molecular weight is 332 g/mol. The Hall–Kier alpha value is 0.1000. The van der Waals surface area contributed by atoms with Crippen LogP contribution < -0.4 is 5.73 Å². The Morgan fingerprint density at radius 1 is 1.44 bits per heavy atom. The van der Waals surface area contributed by atoms with Gasteiger partial charge < -0.3 is 10.5 Å². The zero-order valence-corrected chi connectivity index (χ0v) is 13.3. The fraction of sp³-hybridized carbons (Fsp3) is 0.714. The lowest BCUT2D eigenvalue weighted by Crippen LogP contribution is -2.32. The molecule has 1 saturated carbocycles. The number of hydrogen-bond donors (Lipinski definition) is 1. The number of hydrogen-bond acceptors (Lipinski definition) is 3. The third kappa shape index (κ3) is 3.80. The molecule has 0 amide bonds. The molecule has 2 nitrogen and oxygen atoms in total. The van der Waals surface area contributed by atoms with E-state index in [0.717, 1.165) is 10.9 Å². The summed E-state index contributed by atoms with van der Waals surface area (Å²) in [6, 6.07) is 2.24. The lowest BCUT2D eigenvalue weighted by Gasteiger charge is -2.30. The highest BCUT2D eigenvalue weighted by Crippen LogP contribution is 2.34. The van der Waals surface area contributed by atoms with Crippen molar-refractivity contribution >= 4 is 27.3 Å². The molecule has 0 aromatic carbocycles. The first-order valence-corrected chi connectivity index (χ1v) is 8.53. The van der Waals surface area contributed by atoms with Crippen molar-refractivity contribution in [3.05, 3.63) is 20.8 Å². The standard InChI is InChI=1S/C14H22BrNOS/c1-2-12(16)14(13-8-10(15)9-18-13)17-11-6-4-3-5-7-11/h8-9,11-12,14H,2-7,16H2,1H3. The van der Waals surface area contributed by atoms with E-state index in [1.165, 1.54) is 37.0 Å². The van der Waals surface area contributed by atoms with Gasteiger partial charge in [-0.2, -0.15) is 0 Å². The van der Waals surface area contributed by atoms with Crippen molar-refractivity contribution in [3.8, 4) is 0 Å². The summed E-state index contributed by atoms with van der Waals surface area (Å²) in [6.45, 7) is 2.13. The van der Waals surface area contributed by atoms with Gasteiger partial charge in [-0.05, 0) is 41.3 Å². The molecule has 1 aromatic rings. The molecule has 1 aliphatic rings. The second kappa shape index (κ2) is 7.04. The molecule has 2 rings (SSSR count). The number of ether oxygens (including phenoxy) is 1. The minimum Gasteiger partial charge on any atom is -0.368 e. The fourth-order valence-corrected chi connectivity index (χ4v) is 4.03. The lowest BCUT2D eigenvalue weighted by molar-refractivity contribution is -0.0420. The molecular formula is C14H22BrNOS. The van der Waals surface area contributed by atoms with Crippen LogP contribution in [0, 0.1) is 0 Å². The predicted molar refractivity (Wildman–Crippen MR) is 81.0 cm³/mol. The maximum atomic E-state index is 6.31. The number of nitrogens with two attached hydrogens (primary N) is 1.